The molecule has 1 saturated carbocycles. The summed E-state index contributed by atoms with van der Waals surface area (Å²) in [7, 11) is 0. The van der Waals surface area contributed by atoms with Crippen LogP contribution in [0.3, 0.4) is 0 Å². The lowest BCUT2D eigenvalue weighted by atomic mass is 9.82. The molecule has 3 aliphatic rings. The molecule has 2 bridgehead atoms. The van der Waals surface area contributed by atoms with Gasteiger partial charge in [0.15, 0.2) is 0 Å². The molecule has 0 radical (unpaired) electrons. The van der Waals surface area contributed by atoms with Crippen LogP contribution in [0.15, 0.2) is 82.8 Å². The van der Waals surface area contributed by atoms with Crippen molar-refractivity contribution in [1.29, 1.82) is 0 Å². The summed E-state index contributed by atoms with van der Waals surface area (Å²) in [6.07, 6.45) is 3.14. The number of rotatable bonds is 13. The average Bonchev–Trinajstić information content (AvgIpc) is 3.92. The van der Waals surface area contributed by atoms with E-state index in [-0.39, 0.29) is 35.9 Å². The second-order valence-corrected chi connectivity index (χ2v) is 13.6. The van der Waals surface area contributed by atoms with Gasteiger partial charge in [0.25, 0.3) is 5.91 Å². The van der Waals surface area contributed by atoms with Gasteiger partial charge in [-0.15, -0.1) is 0 Å². The van der Waals surface area contributed by atoms with E-state index in [2.05, 4.69) is 27.3 Å². The zero-order valence-corrected chi connectivity index (χ0v) is 29.0. The number of hydrogen-bond acceptors (Lipinski definition) is 7. The topological polar surface area (TPSA) is 97.4 Å². The Morgan fingerprint density at radius 2 is 1.50 bits per heavy atom. The Kier molecular flexibility index (Phi) is 10.8. The van der Waals surface area contributed by atoms with Gasteiger partial charge in [0.2, 0.25) is 5.91 Å². The summed E-state index contributed by atoms with van der Waals surface area (Å²) in [5.74, 6) is 1.24. The van der Waals surface area contributed by atoms with Crippen molar-refractivity contribution < 1.29 is 28.6 Å². The van der Waals surface area contributed by atoms with E-state index in [4.69, 9.17) is 14.2 Å². The maximum absolute atomic E-state index is 14.8. The van der Waals surface area contributed by atoms with Crippen molar-refractivity contribution >= 4 is 39.3 Å². The first-order chi connectivity index (χ1) is 23.2. The number of nitrogens with one attached hydrogen (secondary N) is 1. The van der Waals surface area contributed by atoms with Gasteiger partial charge in [-0.3, -0.25) is 14.4 Å². The highest BCUT2D eigenvalue weighted by Crippen LogP contribution is 2.38. The van der Waals surface area contributed by atoms with Gasteiger partial charge in [-0.05, 0) is 77.9 Å². The molecule has 0 unspecified atom stereocenters. The number of nitrogens with zero attached hydrogens (tertiary/aromatic N) is 2. The van der Waals surface area contributed by atoms with Crippen LogP contribution < -0.4 is 14.8 Å². The van der Waals surface area contributed by atoms with Crippen LogP contribution in [-0.4, -0.2) is 78.6 Å². The fourth-order valence-corrected chi connectivity index (χ4v) is 6.84. The van der Waals surface area contributed by atoms with Gasteiger partial charge < -0.3 is 29.3 Å². The summed E-state index contributed by atoms with van der Waals surface area (Å²) >= 11 is 3.43. The molecule has 3 aromatic rings. The van der Waals surface area contributed by atoms with E-state index in [0.717, 1.165) is 56.6 Å². The lowest BCUT2D eigenvalue weighted by Crippen LogP contribution is -2.61. The second-order valence-electron chi connectivity index (χ2n) is 12.6. The van der Waals surface area contributed by atoms with Crippen molar-refractivity contribution in [3.8, 4) is 11.5 Å². The number of fused-ring (bicyclic) bond motifs is 2. The Labute approximate surface area is 290 Å². The second kappa shape index (κ2) is 15.4. The molecule has 2 heterocycles. The first-order valence-electron chi connectivity index (χ1n) is 16.6. The predicted octanol–water partition coefficient (Wildman–Crippen LogP) is 5.55. The Balaban J connectivity index is 1.23. The Hall–Kier alpha value is -4.15. The summed E-state index contributed by atoms with van der Waals surface area (Å²) < 4.78 is 18.0. The molecule has 6 rings (SSSR count). The average molecular weight is 717 g/mol. The highest BCUT2D eigenvalue weighted by Gasteiger charge is 2.43. The van der Waals surface area contributed by atoms with Gasteiger partial charge in [-0.1, -0.05) is 52.3 Å². The lowest BCUT2D eigenvalue weighted by Gasteiger charge is -2.44. The summed E-state index contributed by atoms with van der Waals surface area (Å²) in [6.45, 7) is 5.65. The van der Waals surface area contributed by atoms with Gasteiger partial charge in [-0.25, -0.2) is 0 Å². The standard InChI is InChI=1S/C38H42BrN3O6/c1-25(43)41-23-31-21-35(28-7-13-33(14-8-28)47-19-20-48-34-15-9-30(39)10-16-34)37(36(24-41)40-31)38(45)42(32-11-12-32)22-29-6-4-3-5-27(29)17-18-46-26(2)44/h3-10,13-16,31-32,36,40H,11-12,17-24H2,1-2H3/t31-,36-/m1/s1. The number of piperazine rings is 1. The Morgan fingerprint density at radius 3 is 2.12 bits per heavy atom. The zero-order valence-electron chi connectivity index (χ0n) is 27.5. The minimum atomic E-state index is -0.303. The monoisotopic (exact) mass is 715 g/mol. The SMILES string of the molecule is CC(=O)OCCc1ccccc1CN(C(=O)C1=C(c2ccc(OCCOc3ccc(Br)cc3)cc2)C[C@@H]2CN(C(C)=O)C[C@H]1N2)C1CC1. The molecular weight excluding hydrogens is 674 g/mol. The van der Waals surface area contributed by atoms with Gasteiger partial charge >= 0.3 is 5.97 Å². The van der Waals surface area contributed by atoms with Crippen LogP contribution in [0.2, 0.25) is 0 Å². The van der Waals surface area contributed by atoms with Gasteiger partial charge in [0.05, 0.1) is 12.6 Å². The third-order valence-corrected chi connectivity index (χ3v) is 9.63. The minimum absolute atomic E-state index is 0.00839. The Morgan fingerprint density at radius 1 is 0.854 bits per heavy atom. The van der Waals surface area contributed by atoms with Crippen molar-refractivity contribution in [2.45, 2.75) is 64.2 Å². The van der Waals surface area contributed by atoms with Gasteiger partial charge in [0.1, 0.15) is 24.7 Å². The number of esters is 1. The van der Waals surface area contributed by atoms with Crippen molar-refractivity contribution in [3.05, 3.63) is 99.5 Å². The highest BCUT2D eigenvalue weighted by atomic mass is 79.9. The molecule has 1 aliphatic carbocycles. The fourth-order valence-electron chi connectivity index (χ4n) is 6.58. The van der Waals surface area contributed by atoms with E-state index in [1.807, 2.05) is 76.5 Å². The van der Waals surface area contributed by atoms with Crippen molar-refractivity contribution in [2.24, 2.45) is 0 Å². The van der Waals surface area contributed by atoms with Crippen LogP contribution in [0.1, 0.15) is 49.8 Å². The van der Waals surface area contributed by atoms with Gasteiger partial charge in [0, 0.05) is 62.0 Å². The number of halogens is 1. The Bertz CT molecular complexity index is 1650. The quantitative estimate of drug-likeness (QED) is 0.183. The molecule has 48 heavy (non-hydrogen) atoms. The molecule has 10 heteroatoms. The molecule has 1 saturated heterocycles. The van der Waals surface area contributed by atoms with Crippen molar-refractivity contribution in [1.82, 2.24) is 15.1 Å². The summed E-state index contributed by atoms with van der Waals surface area (Å²) in [4.78, 5) is 42.5. The number of amides is 2. The number of carbonyl (C=O) groups is 3. The minimum Gasteiger partial charge on any atom is -0.490 e. The first kappa shape index (κ1) is 33.7. The molecule has 3 aromatic carbocycles. The van der Waals surface area contributed by atoms with Crippen LogP contribution in [0.5, 0.6) is 11.5 Å². The lowest BCUT2D eigenvalue weighted by molar-refractivity contribution is -0.140. The number of benzene rings is 3. The van der Waals surface area contributed by atoms with Crippen LogP contribution in [0, 0.1) is 0 Å². The molecular formula is C38H42BrN3O6. The predicted molar refractivity (Wildman–Crippen MR) is 186 cm³/mol. The molecule has 2 aliphatic heterocycles. The third kappa shape index (κ3) is 8.46. The van der Waals surface area contributed by atoms with E-state index in [1.54, 1.807) is 6.92 Å². The largest absolute Gasteiger partial charge is 0.490 e. The summed E-state index contributed by atoms with van der Waals surface area (Å²) in [5, 5.41) is 3.67. The smallest absolute Gasteiger partial charge is 0.302 e. The van der Waals surface area contributed by atoms with E-state index in [9.17, 15) is 14.4 Å². The molecule has 2 fully saturated rings. The van der Waals surface area contributed by atoms with Crippen molar-refractivity contribution in [3.63, 3.8) is 0 Å². The number of carbonyl (C=O) groups excluding carboxylic acids is 3. The van der Waals surface area contributed by atoms with E-state index in [0.29, 0.717) is 52.3 Å². The first-order valence-corrected chi connectivity index (χ1v) is 17.4. The third-order valence-electron chi connectivity index (χ3n) is 9.10. The molecule has 2 atom stereocenters. The summed E-state index contributed by atoms with van der Waals surface area (Å²) in [5.41, 5.74) is 4.86. The zero-order chi connectivity index (χ0) is 33.6. The highest BCUT2D eigenvalue weighted by molar-refractivity contribution is 9.10. The maximum atomic E-state index is 14.8. The van der Waals surface area contributed by atoms with E-state index < -0.39 is 0 Å². The van der Waals surface area contributed by atoms with E-state index in [1.165, 1.54) is 6.92 Å². The molecule has 1 N–H and O–H groups in total. The van der Waals surface area contributed by atoms with Crippen molar-refractivity contribution in [2.75, 3.05) is 32.9 Å². The molecule has 0 aromatic heterocycles. The molecule has 0 spiro atoms. The number of hydrogen-bond donors (Lipinski definition) is 1. The number of ether oxygens (including phenoxy) is 3. The molecule has 9 nitrogen and oxygen atoms in total. The van der Waals surface area contributed by atoms with Gasteiger partial charge in [-0.2, -0.15) is 0 Å². The summed E-state index contributed by atoms with van der Waals surface area (Å²) in [6, 6.07) is 23.6. The van der Waals surface area contributed by atoms with Crippen LogP contribution >= 0.6 is 15.9 Å². The fraction of sp³-hybridized carbons (Fsp3) is 0.395. The van der Waals surface area contributed by atoms with Crippen LogP contribution in [0.25, 0.3) is 5.57 Å². The molecule has 252 valence electrons. The normalized spacial score (nSPS) is 18.7. The van der Waals surface area contributed by atoms with Crippen LogP contribution in [0.4, 0.5) is 0 Å². The van der Waals surface area contributed by atoms with Crippen LogP contribution in [-0.2, 0) is 32.1 Å². The molecule has 2 amide bonds. The maximum Gasteiger partial charge on any atom is 0.302 e. The van der Waals surface area contributed by atoms with E-state index >= 15 is 0 Å².